The predicted octanol–water partition coefficient (Wildman–Crippen LogP) is 1.83. The van der Waals surface area contributed by atoms with Gasteiger partial charge in [0.25, 0.3) is 0 Å². The quantitative estimate of drug-likeness (QED) is 0.687. The van der Waals surface area contributed by atoms with Gasteiger partial charge in [-0.3, -0.25) is 4.79 Å². The number of hydrogen-bond donors (Lipinski definition) is 0. The maximum atomic E-state index is 12.0. The molecule has 1 unspecified atom stereocenters. The number of ether oxygens (including phenoxy) is 1. The van der Waals surface area contributed by atoms with Crippen molar-refractivity contribution in [2.45, 2.75) is 33.3 Å². The Bertz CT molecular complexity index is 538. The number of hydrogen-bond acceptors (Lipinski definition) is 4. The Morgan fingerprint density at radius 3 is 2.29 bits per heavy atom. The molecule has 0 aliphatic heterocycles. The minimum absolute atomic E-state index is 0.353. The maximum Gasteiger partial charge on any atom is 0.322 e. The molecule has 0 heterocycles. The zero-order valence-electron chi connectivity index (χ0n) is 12.8. The molecule has 0 fully saturated rings. The second kappa shape index (κ2) is 8.14. The van der Waals surface area contributed by atoms with Crippen molar-refractivity contribution in [3.63, 3.8) is 0 Å². The Kier molecular flexibility index (Phi) is 6.84. The molecule has 0 spiro atoms. The number of sulfonamides is 1. The first-order valence-electron chi connectivity index (χ1n) is 7.10. The fourth-order valence-electron chi connectivity index (χ4n) is 2.10. The van der Waals surface area contributed by atoms with Crippen molar-refractivity contribution >= 4 is 16.0 Å². The summed E-state index contributed by atoms with van der Waals surface area (Å²) < 4.78 is 30.4. The van der Waals surface area contributed by atoms with E-state index in [-0.39, 0.29) is 6.10 Å². The van der Waals surface area contributed by atoms with Gasteiger partial charge in [0, 0.05) is 19.5 Å². The van der Waals surface area contributed by atoms with Crippen LogP contribution in [-0.4, -0.2) is 43.6 Å². The summed E-state index contributed by atoms with van der Waals surface area (Å²) in [5.41, 5.74) is 1.05. The highest BCUT2D eigenvalue weighted by molar-refractivity contribution is 7.89. The first kappa shape index (κ1) is 17.7. The van der Waals surface area contributed by atoms with Crippen LogP contribution in [-0.2, 0) is 26.0 Å². The van der Waals surface area contributed by atoms with Crippen LogP contribution in [0.5, 0.6) is 0 Å². The molecular formula is C15H23NO4S. The fourth-order valence-corrected chi connectivity index (χ4v) is 3.44. The van der Waals surface area contributed by atoms with Crippen LogP contribution in [0.4, 0.5) is 0 Å². The largest absolute Gasteiger partial charge is 0.462 e. The minimum atomic E-state index is -3.58. The average molecular weight is 313 g/mol. The van der Waals surface area contributed by atoms with Gasteiger partial charge >= 0.3 is 5.97 Å². The molecule has 1 atom stereocenters. The smallest absolute Gasteiger partial charge is 0.322 e. The Morgan fingerprint density at radius 2 is 1.76 bits per heavy atom. The van der Waals surface area contributed by atoms with Crippen molar-refractivity contribution in [3.05, 3.63) is 35.9 Å². The van der Waals surface area contributed by atoms with Crippen LogP contribution in [0, 0.1) is 0 Å². The highest BCUT2D eigenvalue weighted by Gasteiger charge is 2.24. The Morgan fingerprint density at radius 1 is 1.19 bits per heavy atom. The molecule has 1 aromatic rings. The van der Waals surface area contributed by atoms with Crippen LogP contribution in [0.15, 0.2) is 30.3 Å². The van der Waals surface area contributed by atoms with Crippen LogP contribution in [0.25, 0.3) is 0 Å². The molecule has 1 aromatic carbocycles. The van der Waals surface area contributed by atoms with E-state index in [9.17, 15) is 13.2 Å². The van der Waals surface area contributed by atoms with Gasteiger partial charge in [-0.15, -0.1) is 0 Å². The van der Waals surface area contributed by atoms with Gasteiger partial charge in [-0.25, -0.2) is 12.7 Å². The fraction of sp³-hybridized carbons (Fsp3) is 0.533. The average Bonchev–Trinajstić information content (AvgIpc) is 2.39. The van der Waals surface area contributed by atoms with Crippen molar-refractivity contribution in [2.75, 3.05) is 18.8 Å². The van der Waals surface area contributed by atoms with Gasteiger partial charge in [-0.1, -0.05) is 44.2 Å². The zero-order valence-corrected chi connectivity index (χ0v) is 13.6. The molecule has 118 valence electrons. The van der Waals surface area contributed by atoms with Gasteiger partial charge in [0.05, 0.1) is 0 Å². The molecule has 0 saturated heterocycles. The molecule has 0 radical (unpaired) electrons. The van der Waals surface area contributed by atoms with Gasteiger partial charge in [0.15, 0.2) is 5.75 Å². The standard InChI is InChI=1S/C15H23NO4S/c1-4-16(5-2)21(18,19)12-15(17)20-13(3)11-14-9-7-6-8-10-14/h6-10,13H,4-5,11-12H2,1-3H3. The third kappa shape index (κ3) is 5.85. The van der Waals surface area contributed by atoms with E-state index < -0.39 is 21.7 Å². The Balaban J connectivity index is 2.53. The van der Waals surface area contributed by atoms with Crippen LogP contribution >= 0.6 is 0 Å². The van der Waals surface area contributed by atoms with E-state index in [1.807, 2.05) is 30.3 Å². The first-order valence-corrected chi connectivity index (χ1v) is 8.71. The van der Waals surface area contributed by atoms with E-state index in [0.29, 0.717) is 19.5 Å². The minimum Gasteiger partial charge on any atom is -0.462 e. The first-order chi connectivity index (χ1) is 9.89. The Labute approximate surface area is 127 Å². The van der Waals surface area contributed by atoms with E-state index in [1.165, 1.54) is 4.31 Å². The third-order valence-corrected chi connectivity index (χ3v) is 5.00. The molecule has 6 heteroatoms. The second-order valence-electron chi connectivity index (χ2n) is 4.83. The van der Waals surface area contributed by atoms with Crippen molar-refractivity contribution < 1.29 is 17.9 Å². The topological polar surface area (TPSA) is 63.7 Å². The van der Waals surface area contributed by atoms with Crippen LogP contribution in [0.3, 0.4) is 0 Å². The van der Waals surface area contributed by atoms with E-state index in [4.69, 9.17) is 4.74 Å². The van der Waals surface area contributed by atoms with Crippen LogP contribution in [0.1, 0.15) is 26.3 Å². The van der Waals surface area contributed by atoms with E-state index in [1.54, 1.807) is 20.8 Å². The monoisotopic (exact) mass is 313 g/mol. The van der Waals surface area contributed by atoms with Gasteiger partial charge in [0.1, 0.15) is 6.10 Å². The molecule has 1 rings (SSSR count). The number of nitrogens with zero attached hydrogens (tertiary/aromatic N) is 1. The summed E-state index contributed by atoms with van der Waals surface area (Å²) in [6.07, 6.45) is 0.213. The van der Waals surface area contributed by atoms with Gasteiger partial charge < -0.3 is 4.74 Å². The summed E-state index contributed by atoms with van der Waals surface area (Å²) in [7, 11) is -3.58. The molecule has 5 nitrogen and oxygen atoms in total. The van der Waals surface area contributed by atoms with Crippen LogP contribution < -0.4 is 0 Å². The second-order valence-corrected chi connectivity index (χ2v) is 6.80. The summed E-state index contributed by atoms with van der Waals surface area (Å²) in [5.74, 6) is -1.31. The van der Waals surface area contributed by atoms with Crippen LogP contribution in [0.2, 0.25) is 0 Å². The summed E-state index contributed by atoms with van der Waals surface area (Å²) in [5, 5.41) is 0. The highest BCUT2D eigenvalue weighted by atomic mass is 32.2. The van der Waals surface area contributed by atoms with Crippen molar-refractivity contribution in [2.24, 2.45) is 0 Å². The van der Waals surface area contributed by atoms with E-state index >= 15 is 0 Å². The third-order valence-electron chi connectivity index (χ3n) is 3.10. The number of rotatable bonds is 8. The molecular weight excluding hydrogens is 290 g/mol. The Hall–Kier alpha value is -1.40. The van der Waals surface area contributed by atoms with Gasteiger partial charge in [-0.05, 0) is 12.5 Å². The molecule has 0 N–H and O–H groups in total. The number of esters is 1. The zero-order chi connectivity index (χ0) is 15.9. The molecule has 0 saturated carbocycles. The molecule has 21 heavy (non-hydrogen) atoms. The van der Waals surface area contributed by atoms with Crippen molar-refractivity contribution in [1.82, 2.24) is 4.31 Å². The molecule has 0 aliphatic carbocycles. The summed E-state index contributed by atoms with van der Waals surface area (Å²) in [6, 6.07) is 9.62. The molecule has 0 aromatic heterocycles. The van der Waals surface area contributed by atoms with Gasteiger partial charge in [0.2, 0.25) is 10.0 Å². The summed E-state index contributed by atoms with van der Waals surface area (Å²) in [4.78, 5) is 11.8. The molecule has 0 amide bonds. The highest BCUT2D eigenvalue weighted by Crippen LogP contribution is 2.07. The normalized spacial score (nSPS) is 13.1. The maximum absolute atomic E-state index is 12.0. The lowest BCUT2D eigenvalue weighted by Gasteiger charge is -2.19. The SMILES string of the molecule is CCN(CC)S(=O)(=O)CC(=O)OC(C)Cc1ccccc1. The predicted molar refractivity (Wildman–Crippen MR) is 82.4 cm³/mol. The lowest BCUT2D eigenvalue weighted by atomic mass is 10.1. The molecule has 0 bridgehead atoms. The van der Waals surface area contributed by atoms with E-state index in [2.05, 4.69) is 0 Å². The lowest BCUT2D eigenvalue weighted by molar-refractivity contribution is -0.144. The lowest BCUT2D eigenvalue weighted by Crippen LogP contribution is -2.36. The van der Waals surface area contributed by atoms with Gasteiger partial charge in [-0.2, -0.15) is 0 Å². The van der Waals surface area contributed by atoms with E-state index in [0.717, 1.165) is 5.56 Å². The number of carbonyl (C=O) groups excluding carboxylic acids is 1. The number of carbonyl (C=O) groups is 1. The number of benzene rings is 1. The molecule has 0 aliphatic rings. The summed E-state index contributed by atoms with van der Waals surface area (Å²) >= 11 is 0. The van der Waals surface area contributed by atoms with Crippen molar-refractivity contribution in [1.29, 1.82) is 0 Å². The van der Waals surface area contributed by atoms with Crippen molar-refractivity contribution in [3.8, 4) is 0 Å². The summed E-state index contributed by atoms with van der Waals surface area (Å²) in [6.45, 7) is 5.95.